The number of H-pyrrole nitrogens is 1. The third kappa shape index (κ3) is 4.18. The Bertz CT molecular complexity index is 494. The lowest BCUT2D eigenvalue weighted by Crippen LogP contribution is -2.47. The van der Waals surface area contributed by atoms with Gasteiger partial charge < -0.3 is 20.3 Å². The minimum absolute atomic E-state index is 0.106. The lowest BCUT2D eigenvalue weighted by atomic mass is 10.1. The number of aromatic amines is 1. The second-order valence-corrected chi connectivity index (χ2v) is 5.16. The van der Waals surface area contributed by atoms with Crippen LogP contribution in [-0.4, -0.2) is 53.2 Å². The number of carbonyl (C=O) groups excluding carboxylic acids is 1. The maximum Gasteiger partial charge on any atom is 0.251 e. The summed E-state index contributed by atoms with van der Waals surface area (Å²) in [6, 6.07) is 2.50. The van der Waals surface area contributed by atoms with Gasteiger partial charge in [0.05, 0.1) is 12.6 Å². The molecule has 1 aromatic heterocycles. The van der Waals surface area contributed by atoms with Crippen molar-refractivity contribution in [2.75, 3.05) is 26.2 Å². The number of nitrogens with one attached hydrogen (secondary N) is 2. The van der Waals surface area contributed by atoms with Gasteiger partial charge in [0.15, 0.2) is 0 Å². The van der Waals surface area contributed by atoms with Crippen LogP contribution in [0, 0.1) is 0 Å². The average molecular weight is 279 g/mol. The fourth-order valence-corrected chi connectivity index (χ4v) is 2.46. The van der Waals surface area contributed by atoms with E-state index in [0.29, 0.717) is 12.1 Å². The molecule has 2 heterocycles. The van der Waals surface area contributed by atoms with Crippen molar-refractivity contribution in [1.29, 1.82) is 0 Å². The van der Waals surface area contributed by atoms with E-state index in [0.717, 1.165) is 13.1 Å². The molecule has 1 aliphatic heterocycles. The summed E-state index contributed by atoms with van der Waals surface area (Å²) in [6.07, 6.45) is 5.02. The Morgan fingerprint density at radius 2 is 2.15 bits per heavy atom. The van der Waals surface area contributed by atoms with E-state index in [1.165, 1.54) is 31.5 Å². The van der Waals surface area contributed by atoms with Crippen molar-refractivity contribution in [3.8, 4) is 0 Å². The van der Waals surface area contributed by atoms with E-state index in [1.54, 1.807) is 6.07 Å². The zero-order valence-corrected chi connectivity index (χ0v) is 11.5. The van der Waals surface area contributed by atoms with Gasteiger partial charge >= 0.3 is 0 Å². The highest BCUT2D eigenvalue weighted by Crippen LogP contribution is 2.09. The minimum Gasteiger partial charge on any atom is -0.394 e. The van der Waals surface area contributed by atoms with Crippen LogP contribution < -0.4 is 10.9 Å². The normalized spacial score (nSPS) is 17.6. The molecular weight excluding hydrogens is 258 g/mol. The van der Waals surface area contributed by atoms with E-state index in [2.05, 4.69) is 15.2 Å². The molecule has 0 radical (unpaired) electrons. The van der Waals surface area contributed by atoms with Crippen LogP contribution >= 0.6 is 0 Å². The molecule has 3 N–H and O–H groups in total. The van der Waals surface area contributed by atoms with Crippen molar-refractivity contribution < 1.29 is 9.90 Å². The Morgan fingerprint density at radius 3 is 2.80 bits per heavy atom. The summed E-state index contributed by atoms with van der Waals surface area (Å²) in [5.41, 5.74) is 0.0000677. The lowest BCUT2D eigenvalue weighted by molar-refractivity contribution is 0.0886. The Hall–Kier alpha value is -1.66. The van der Waals surface area contributed by atoms with Crippen molar-refractivity contribution in [1.82, 2.24) is 15.2 Å². The van der Waals surface area contributed by atoms with E-state index in [-0.39, 0.29) is 24.1 Å². The first-order valence-corrected chi connectivity index (χ1v) is 7.02. The van der Waals surface area contributed by atoms with Crippen LogP contribution in [0.2, 0.25) is 0 Å². The number of hydrogen-bond donors (Lipinski definition) is 3. The van der Waals surface area contributed by atoms with Crippen molar-refractivity contribution in [3.63, 3.8) is 0 Å². The number of aliphatic hydroxyl groups excluding tert-OH is 1. The first kappa shape index (κ1) is 14.7. The number of likely N-dealkylation sites (tertiary alicyclic amines) is 1. The minimum atomic E-state index is -0.327. The van der Waals surface area contributed by atoms with Crippen LogP contribution in [0.4, 0.5) is 0 Å². The van der Waals surface area contributed by atoms with Crippen LogP contribution in [-0.2, 0) is 0 Å². The Morgan fingerprint density at radius 1 is 1.40 bits per heavy atom. The molecule has 1 atom stereocenters. The van der Waals surface area contributed by atoms with Gasteiger partial charge in [0.1, 0.15) is 0 Å². The molecular formula is C14H21N3O3. The van der Waals surface area contributed by atoms with Gasteiger partial charge in [0, 0.05) is 24.4 Å². The van der Waals surface area contributed by atoms with Gasteiger partial charge in [0.2, 0.25) is 5.56 Å². The molecule has 1 aliphatic rings. The van der Waals surface area contributed by atoms with Crippen molar-refractivity contribution in [2.45, 2.75) is 25.3 Å². The number of hydrogen-bond acceptors (Lipinski definition) is 4. The van der Waals surface area contributed by atoms with Gasteiger partial charge in [-0.3, -0.25) is 9.59 Å². The Labute approximate surface area is 117 Å². The molecule has 1 aromatic rings. The van der Waals surface area contributed by atoms with E-state index < -0.39 is 0 Å². The van der Waals surface area contributed by atoms with Gasteiger partial charge in [-0.15, -0.1) is 0 Å². The number of aliphatic hydroxyl groups is 1. The van der Waals surface area contributed by atoms with Crippen molar-refractivity contribution in [2.24, 2.45) is 0 Å². The molecule has 6 heteroatoms. The molecule has 110 valence electrons. The molecule has 0 aromatic carbocycles. The number of rotatable bonds is 5. The van der Waals surface area contributed by atoms with Crippen molar-refractivity contribution >= 4 is 5.91 Å². The second-order valence-electron chi connectivity index (χ2n) is 5.16. The van der Waals surface area contributed by atoms with Gasteiger partial charge in [-0.25, -0.2) is 0 Å². The molecule has 0 aliphatic carbocycles. The summed E-state index contributed by atoms with van der Waals surface area (Å²) in [5, 5.41) is 12.2. The fourth-order valence-electron chi connectivity index (χ4n) is 2.46. The van der Waals surface area contributed by atoms with E-state index >= 15 is 0 Å². The molecule has 20 heavy (non-hydrogen) atoms. The molecule has 1 saturated heterocycles. The van der Waals surface area contributed by atoms with Crippen LogP contribution in [0.3, 0.4) is 0 Å². The topological polar surface area (TPSA) is 85.4 Å². The number of pyridine rings is 1. The predicted octanol–water partition coefficient (Wildman–Crippen LogP) is -0.0485. The quantitative estimate of drug-likeness (QED) is 0.705. The predicted molar refractivity (Wildman–Crippen MR) is 75.7 cm³/mol. The molecule has 0 saturated carbocycles. The van der Waals surface area contributed by atoms with Gasteiger partial charge in [-0.05, 0) is 32.0 Å². The zero-order chi connectivity index (χ0) is 14.4. The fraction of sp³-hybridized carbons (Fsp3) is 0.571. The summed E-state index contributed by atoms with van der Waals surface area (Å²) in [7, 11) is 0. The van der Waals surface area contributed by atoms with E-state index in [4.69, 9.17) is 0 Å². The highest BCUT2D eigenvalue weighted by Gasteiger charge is 2.18. The molecule has 6 nitrogen and oxygen atoms in total. The molecule has 0 spiro atoms. The SMILES string of the molecule is O=C(NC(CO)CN1CCCCC1)c1cc[nH]c(=O)c1. The summed E-state index contributed by atoms with van der Waals surface area (Å²) < 4.78 is 0. The van der Waals surface area contributed by atoms with E-state index in [9.17, 15) is 14.7 Å². The highest BCUT2D eigenvalue weighted by atomic mass is 16.3. The van der Waals surface area contributed by atoms with E-state index in [1.807, 2.05) is 0 Å². The number of carbonyl (C=O) groups is 1. The van der Waals surface area contributed by atoms with Crippen LogP contribution in [0.5, 0.6) is 0 Å². The average Bonchev–Trinajstić information content (AvgIpc) is 2.47. The Balaban J connectivity index is 1.91. The maximum atomic E-state index is 12.0. The van der Waals surface area contributed by atoms with Gasteiger partial charge in [0.25, 0.3) is 5.91 Å². The summed E-state index contributed by atoms with van der Waals surface area (Å²) >= 11 is 0. The summed E-state index contributed by atoms with van der Waals surface area (Å²) in [6.45, 7) is 2.56. The molecule has 1 fully saturated rings. The first-order chi connectivity index (χ1) is 9.69. The largest absolute Gasteiger partial charge is 0.394 e. The monoisotopic (exact) mass is 279 g/mol. The standard InChI is InChI=1S/C14H21N3O3/c18-10-12(9-17-6-2-1-3-7-17)16-14(20)11-4-5-15-13(19)8-11/h4-5,8,12,18H,1-3,6-7,9-10H2,(H,15,19)(H,16,20). The third-order valence-corrected chi connectivity index (χ3v) is 3.52. The zero-order valence-electron chi connectivity index (χ0n) is 11.5. The first-order valence-electron chi connectivity index (χ1n) is 7.02. The van der Waals surface area contributed by atoms with Crippen molar-refractivity contribution in [3.05, 3.63) is 34.2 Å². The van der Waals surface area contributed by atoms with Crippen LogP contribution in [0.25, 0.3) is 0 Å². The molecule has 1 amide bonds. The number of amides is 1. The van der Waals surface area contributed by atoms with Crippen LogP contribution in [0.1, 0.15) is 29.6 Å². The number of aromatic nitrogens is 1. The Kier molecular flexibility index (Phi) is 5.31. The van der Waals surface area contributed by atoms with Gasteiger partial charge in [-0.1, -0.05) is 6.42 Å². The summed E-state index contributed by atoms with van der Waals surface area (Å²) in [5.74, 6) is -0.327. The number of nitrogens with zero attached hydrogens (tertiary/aromatic N) is 1. The molecule has 2 rings (SSSR count). The highest BCUT2D eigenvalue weighted by molar-refractivity contribution is 5.94. The maximum absolute atomic E-state index is 12.0. The lowest BCUT2D eigenvalue weighted by Gasteiger charge is -2.30. The van der Waals surface area contributed by atoms with Crippen LogP contribution in [0.15, 0.2) is 23.1 Å². The van der Waals surface area contributed by atoms with Gasteiger partial charge in [-0.2, -0.15) is 0 Å². The second kappa shape index (κ2) is 7.21. The summed E-state index contributed by atoms with van der Waals surface area (Å²) in [4.78, 5) is 27.9. The molecule has 1 unspecified atom stereocenters. The number of piperidine rings is 1. The molecule has 0 bridgehead atoms. The smallest absolute Gasteiger partial charge is 0.251 e. The third-order valence-electron chi connectivity index (χ3n) is 3.52.